The van der Waals surface area contributed by atoms with Gasteiger partial charge in [-0.1, -0.05) is 26.7 Å². The lowest BCUT2D eigenvalue weighted by atomic mass is 10.3. The molecule has 0 aliphatic heterocycles. The molecule has 0 amide bonds. The van der Waals surface area contributed by atoms with Crippen LogP contribution in [-0.4, -0.2) is 57.7 Å². The zero-order chi connectivity index (χ0) is 21.8. The Morgan fingerprint density at radius 2 is 1.69 bits per heavy atom. The van der Waals surface area contributed by atoms with E-state index in [4.69, 9.17) is 4.74 Å². The summed E-state index contributed by atoms with van der Waals surface area (Å²) in [5, 5.41) is 0. The molecule has 1 aromatic rings. The molecule has 2 rings (SSSR count). The van der Waals surface area contributed by atoms with Gasteiger partial charge < -0.3 is 4.74 Å². The number of hydrogen-bond donors (Lipinski definition) is 1. The van der Waals surface area contributed by atoms with Crippen molar-refractivity contribution in [3.8, 4) is 5.75 Å². The fraction of sp³-hybridized carbons (Fsp3) is 0.684. The third-order valence-electron chi connectivity index (χ3n) is 5.11. The van der Waals surface area contributed by atoms with Crippen LogP contribution in [0.2, 0.25) is 0 Å². The molecule has 1 saturated carbocycles. The molecule has 1 aliphatic carbocycles. The maximum absolute atomic E-state index is 12.9. The summed E-state index contributed by atoms with van der Waals surface area (Å²) in [6.07, 6.45) is 3.45. The van der Waals surface area contributed by atoms with E-state index in [1.165, 1.54) is 26.8 Å². The molecule has 0 bridgehead atoms. The molecular formula is C19H33N3O5S2. The van der Waals surface area contributed by atoms with Crippen LogP contribution in [0.3, 0.4) is 0 Å². The van der Waals surface area contributed by atoms with Crippen LogP contribution in [-0.2, 0) is 20.2 Å². The number of hydrogen-bond acceptors (Lipinski definition) is 5. The SMILES string of the molecule is CCN(CC)S(=O)(=O)c1ccc(OC(C)C)c(NS(=O)(=O)N(C)C2CCCC2)c1. The standard InChI is InChI=1S/C19H33N3O5S2/c1-6-22(7-2)28(23,24)17-12-13-19(27-15(3)4)18(14-17)20-29(25,26)21(5)16-10-8-9-11-16/h12-16,20H,6-11H2,1-5H3. The van der Waals surface area contributed by atoms with E-state index in [9.17, 15) is 16.8 Å². The Morgan fingerprint density at radius 3 is 2.21 bits per heavy atom. The predicted molar refractivity (Wildman–Crippen MR) is 115 cm³/mol. The molecule has 0 spiro atoms. The fourth-order valence-electron chi connectivity index (χ4n) is 3.49. The van der Waals surface area contributed by atoms with Crippen LogP contribution in [0.25, 0.3) is 0 Å². The summed E-state index contributed by atoms with van der Waals surface area (Å²) >= 11 is 0. The third kappa shape index (κ3) is 5.62. The van der Waals surface area contributed by atoms with Crippen LogP contribution in [0, 0.1) is 0 Å². The van der Waals surface area contributed by atoms with E-state index in [0.717, 1.165) is 25.7 Å². The molecule has 0 unspecified atom stereocenters. The van der Waals surface area contributed by atoms with Crippen molar-refractivity contribution < 1.29 is 21.6 Å². The maximum Gasteiger partial charge on any atom is 0.301 e. The van der Waals surface area contributed by atoms with Crippen LogP contribution in [0.4, 0.5) is 5.69 Å². The van der Waals surface area contributed by atoms with Gasteiger partial charge in [-0.3, -0.25) is 4.72 Å². The Bertz CT molecular complexity index is 890. The Morgan fingerprint density at radius 1 is 1.10 bits per heavy atom. The summed E-state index contributed by atoms with van der Waals surface area (Å²) in [6, 6.07) is 4.24. The smallest absolute Gasteiger partial charge is 0.301 e. The average molecular weight is 448 g/mol. The van der Waals surface area contributed by atoms with E-state index >= 15 is 0 Å². The number of anilines is 1. The van der Waals surface area contributed by atoms with Gasteiger partial charge in [0, 0.05) is 26.2 Å². The van der Waals surface area contributed by atoms with E-state index in [2.05, 4.69) is 4.72 Å². The highest BCUT2D eigenvalue weighted by atomic mass is 32.2. The van der Waals surface area contributed by atoms with Gasteiger partial charge >= 0.3 is 10.2 Å². The van der Waals surface area contributed by atoms with E-state index in [1.54, 1.807) is 20.9 Å². The summed E-state index contributed by atoms with van der Waals surface area (Å²) in [4.78, 5) is 0.0264. The summed E-state index contributed by atoms with van der Waals surface area (Å²) in [5.41, 5.74) is 0.122. The van der Waals surface area contributed by atoms with Crippen molar-refractivity contribution in [1.82, 2.24) is 8.61 Å². The van der Waals surface area contributed by atoms with Crippen LogP contribution < -0.4 is 9.46 Å². The number of ether oxygens (including phenoxy) is 1. The highest BCUT2D eigenvalue weighted by Crippen LogP contribution is 2.32. The van der Waals surface area contributed by atoms with Gasteiger partial charge in [-0.15, -0.1) is 0 Å². The fourth-order valence-corrected chi connectivity index (χ4v) is 6.16. The molecule has 10 heteroatoms. The Hall–Kier alpha value is -1.36. The number of rotatable bonds is 10. The summed E-state index contributed by atoms with van der Waals surface area (Å²) < 4.78 is 62.6. The lowest BCUT2D eigenvalue weighted by molar-refractivity contribution is 0.243. The molecule has 0 atom stereocenters. The third-order valence-corrected chi connectivity index (χ3v) is 8.69. The minimum absolute atomic E-state index is 0.0264. The number of nitrogens with zero attached hydrogens (tertiary/aromatic N) is 2. The van der Waals surface area contributed by atoms with Crippen LogP contribution in [0.1, 0.15) is 53.4 Å². The summed E-state index contributed by atoms with van der Waals surface area (Å²) in [5.74, 6) is 0.293. The van der Waals surface area contributed by atoms with Gasteiger partial charge in [-0.25, -0.2) is 8.42 Å². The first-order valence-electron chi connectivity index (χ1n) is 10.1. The number of sulfonamides is 1. The first-order valence-corrected chi connectivity index (χ1v) is 13.0. The molecule has 0 radical (unpaired) electrons. The van der Waals surface area contributed by atoms with E-state index < -0.39 is 20.2 Å². The van der Waals surface area contributed by atoms with Crippen molar-refractivity contribution in [2.75, 3.05) is 24.9 Å². The molecule has 1 fully saturated rings. The highest BCUT2D eigenvalue weighted by molar-refractivity contribution is 7.90. The van der Waals surface area contributed by atoms with Crippen molar-refractivity contribution in [2.45, 2.75) is 70.4 Å². The maximum atomic E-state index is 12.9. The van der Waals surface area contributed by atoms with Gasteiger partial charge in [0.2, 0.25) is 10.0 Å². The summed E-state index contributed by atoms with van der Waals surface area (Å²) in [7, 11) is -6.03. The Balaban J connectivity index is 2.44. The number of nitrogens with one attached hydrogen (secondary N) is 1. The van der Waals surface area contributed by atoms with Gasteiger partial charge in [-0.2, -0.15) is 17.0 Å². The van der Waals surface area contributed by atoms with E-state index in [0.29, 0.717) is 18.8 Å². The van der Waals surface area contributed by atoms with Crippen molar-refractivity contribution >= 4 is 25.9 Å². The van der Waals surface area contributed by atoms with Crippen LogP contribution >= 0.6 is 0 Å². The second kappa shape index (κ2) is 9.63. The quantitative estimate of drug-likeness (QED) is 0.595. The monoisotopic (exact) mass is 447 g/mol. The van der Waals surface area contributed by atoms with Crippen molar-refractivity contribution in [3.05, 3.63) is 18.2 Å². The van der Waals surface area contributed by atoms with Crippen LogP contribution in [0.5, 0.6) is 5.75 Å². The topological polar surface area (TPSA) is 96.0 Å². The lowest BCUT2D eigenvalue weighted by Crippen LogP contribution is -2.39. The molecule has 29 heavy (non-hydrogen) atoms. The number of benzene rings is 1. The lowest BCUT2D eigenvalue weighted by Gasteiger charge is -2.25. The van der Waals surface area contributed by atoms with Crippen molar-refractivity contribution in [2.24, 2.45) is 0 Å². The molecule has 1 aromatic carbocycles. The normalized spacial score (nSPS) is 16.1. The average Bonchev–Trinajstić information content (AvgIpc) is 3.17. The van der Waals surface area contributed by atoms with Crippen LogP contribution in [0.15, 0.2) is 23.1 Å². The van der Waals surface area contributed by atoms with Crippen molar-refractivity contribution in [1.29, 1.82) is 0 Å². The van der Waals surface area contributed by atoms with E-state index in [-0.39, 0.29) is 22.7 Å². The molecule has 0 heterocycles. The van der Waals surface area contributed by atoms with Gasteiger partial charge in [0.1, 0.15) is 5.75 Å². The zero-order valence-corrected chi connectivity index (χ0v) is 19.5. The van der Waals surface area contributed by atoms with E-state index in [1.807, 2.05) is 13.8 Å². The zero-order valence-electron chi connectivity index (χ0n) is 17.9. The van der Waals surface area contributed by atoms with Crippen molar-refractivity contribution in [3.63, 3.8) is 0 Å². The Labute approximate surface area is 175 Å². The Kier molecular flexibility index (Phi) is 7.94. The molecule has 166 valence electrons. The molecule has 0 saturated heterocycles. The second-order valence-electron chi connectivity index (χ2n) is 7.48. The molecule has 8 nitrogen and oxygen atoms in total. The largest absolute Gasteiger partial charge is 0.489 e. The predicted octanol–water partition coefficient (Wildman–Crippen LogP) is 3.04. The first-order chi connectivity index (χ1) is 13.5. The minimum atomic E-state index is -3.85. The second-order valence-corrected chi connectivity index (χ2v) is 11.1. The van der Waals surface area contributed by atoms with Gasteiger partial charge in [0.25, 0.3) is 0 Å². The minimum Gasteiger partial charge on any atom is -0.489 e. The van der Waals surface area contributed by atoms with Gasteiger partial charge in [-0.05, 0) is 44.9 Å². The molecule has 0 aromatic heterocycles. The molecule has 1 aliphatic rings. The first kappa shape index (κ1) is 23.9. The molecular weight excluding hydrogens is 414 g/mol. The summed E-state index contributed by atoms with van der Waals surface area (Å²) in [6.45, 7) is 7.82. The van der Waals surface area contributed by atoms with Gasteiger partial charge in [0.05, 0.1) is 16.7 Å². The highest BCUT2D eigenvalue weighted by Gasteiger charge is 2.30. The van der Waals surface area contributed by atoms with Gasteiger partial charge in [0.15, 0.2) is 0 Å². The molecule has 1 N–H and O–H groups in total.